The summed E-state index contributed by atoms with van der Waals surface area (Å²) in [7, 11) is 0. The molecule has 0 aliphatic carbocycles. The molecule has 16 heteroatoms. The monoisotopic (exact) mass is 1530 g/mol. The molecule has 0 radical (unpaired) electrons. The molecule has 0 aliphatic heterocycles. The Bertz CT molecular complexity index is 7370. The zero-order valence-electron chi connectivity index (χ0n) is 63.3. The SMILES string of the molecule is [C-]#[N+]c1cc(C#N)cc(-c2ccc3c(c2)c2cc(-c4cc(C#N)cc(C#N)c4)ccc2n3-c2cc(-c3cccc(-c4cc(-c5nc(-c6ccccc6)nc(-c6ccccc6)n5)ccc4-n4c5ccc(-c6cc(C#N)cc([N+]#[C-])c6)cc5c5cc(-c6cc(C#N)cc([N+]#[C-])c6)ccc54)c3)cc(-c3nc(-c4ccccc4)nc(-c4ccccc4)n3)c2)c1. The number of hydrogen-bond acceptors (Lipinski definition) is 11. The second-order valence-electron chi connectivity index (χ2n) is 28.8. The first kappa shape index (κ1) is 72.1. The summed E-state index contributed by atoms with van der Waals surface area (Å²) in [5, 5.41) is 54.6. The quantitative estimate of drug-likeness (QED) is 0.0932. The van der Waals surface area contributed by atoms with E-state index in [9.17, 15) is 26.3 Å². The van der Waals surface area contributed by atoms with Crippen molar-refractivity contribution in [1.29, 1.82) is 26.3 Å². The number of hydrogen-bond donors (Lipinski definition) is 0. The third-order valence-corrected chi connectivity index (χ3v) is 21.4. The fourth-order valence-electron chi connectivity index (χ4n) is 15.8. The number of nitrogens with zero attached hydrogens (tertiary/aromatic N) is 16. The third kappa shape index (κ3) is 13.5. The lowest BCUT2D eigenvalue weighted by Crippen LogP contribution is -2.02. The van der Waals surface area contributed by atoms with E-state index < -0.39 is 0 Å². The molecule has 4 heterocycles. The summed E-state index contributed by atoms with van der Waals surface area (Å²) < 4.78 is 4.46. The summed E-state index contributed by atoms with van der Waals surface area (Å²) in [6, 6.07) is 117. The van der Waals surface area contributed by atoms with Gasteiger partial charge in [-0.05, 0) is 225 Å². The van der Waals surface area contributed by atoms with Gasteiger partial charge in [0.2, 0.25) is 0 Å². The molecule has 0 aliphatic rings. The van der Waals surface area contributed by atoms with Crippen molar-refractivity contribution < 1.29 is 0 Å². The predicted octanol–water partition coefficient (Wildman–Crippen LogP) is 25.3. The maximum Gasteiger partial charge on any atom is 0.189 e. The van der Waals surface area contributed by atoms with E-state index in [0.717, 1.165) is 122 Å². The van der Waals surface area contributed by atoms with Gasteiger partial charge in [-0.15, -0.1) is 0 Å². The minimum Gasteiger partial charge on any atom is -0.309 e. The Morgan fingerprint density at radius 1 is 0.217 bits per heavy atom. The van der Waals surface area contributed by atoms with E-state index in [1.807, 2.05) is 152 Å². The zero-order chi connectivity index (χ0) is 81.5. The molecule has 0 fully saturated rings. The van der Waals surface area contributed by atoms with Gasteiger partial charge >= 0.3 is 0 Å². The van der Waals surface area contributed by atoms with Crippen LogP contribution in [0.25, 0.3) is 205 Å². The first-order valence-corrected chi connectivity index (χ1v) is 38.0. The summed E-state index contributed by atoms with van der Waals surface area (Å²) >= 11 is 0. The Labute approximate surface area is 688 Å². The Hall–Kier alpha value is -18.2. The van der Waals surface area contributed by atoms with Gasteiger partial charge in [0.25, 0.3) is 0 Å². The summed E-state index contributed by atoms with van der Waals surface area (Å²) in [5.74, 6) is 2.72. The molecule has 0 amide bonds. The van der Waals surface area contributed by atoms with Gasteiger partial charge in [0.1, 0.15) is 0 Å². The number of nitriles is 5. The Morgan fingerprint density at radius 3 is 0.867 bits per heavy atom. The van der Waals surface area contributed by atoms with Crippen molar-refractivity contribution in [3.8, 4) is 177 Å². The van der Waals surface area contributed by atoms with Gasteiger partial charge in [-0.2, -0.15) is 26.3 Å². The summed E-state index contributed by atoms with van der Waals surface area (Å²) in [4.78, 5) is 42.8. The van der Waals surface area contributed by atoms with Crippen LogP contribution in [0.4, 0.5) is 17.1 Å². The largest absolute Gasteiger partial charge is 0.309 e. The Kier molecular flexibility index (Phi) is 18.3. The molecule has 0 atom stereocenters. The van der Waals surface area contributed by atoms with Gasteiger partial charge in [-0.3, -0.25) is 0 Å². The van der Waals surface area contributed by atoms with Crippen LogP contribution in [0.1, 0.15) is 27.8 Å². The van der Waals surface area contributed by atoms with E-state index in [1.165, 1.54) is 0 Å². The molecule has 16 nitrogen and oxygen atoms in total. The van der Waals surface area contributed by atoms with E-state index in [-0.39, 0.29) is 0 Å². The van der Waals surface area contributed by atoms with Crippen LogP contribution in [-0.2, 0) is 0 Å². The van der Waals surface area contributed by atoms with Crippen molar-refractivity contribution in [1.82, 2.24) is 39.0 Å². The second-order valence-corrected chi connectivity index (χ2v) is 28.8. The van der Waals surface area contributed by atoms with Crippen LogP contribution < -0.4 is 0 Å². The highest BCUT2D eigenvalue weighted by atomic mass is 15.1. The average Bonchev–Trinajstić information content (AvgIpc) is 1.60. The second kappa shape index (κ2) is 30.4. The van der Waals surface area contributed by atoms with Gasteiger partial charge in [0.15, 0.2) is 52.0 Å². The fourth-order valence-corrected chi connectivity index (χ4v) is 15.8. The zero-order valence-corrected chi connectivity index (χ0v) is 63.3. The van der Waals surface area contributed by atoms with Gasteiger partial charge in [0, 0.05) is 82.9 Å². The van der Waals surface area contributed by atoms with Crippen molar-refractivity contribution in [2.75, 3.05) is 0 Å². The van der Waals surface area contributed by atoms with Crippen LogP contribution in [0.2, 0.25) is 0 Å². The van der Waals surface area contributed by atoms with E-state index >= 15 is 0 Å². The van der Waals surface area contributed by atoms with Crippen molar-refractivity contribution in [3.63, 3.8) is 0 Å². The van der Waals surface area contributed by atoms with Crippen LogP contribution in [0.3, 0.4) is 0 Å². The standard InChI is InChI=1S/C104H54N16/c1-110-85-43-65(60-107)40-80(48-85)74-28-33-96-91(54-74)90-53-73(79-38-63(58-105)37-64(39-79)59-106)27-32-95(90)119(96)88-51-83(47-84(52-88)104-117-101(70-21-12-6-13-22-70)114-102(118-104)71-23-14-7-15-24-71)72-25-16-26-77(46-72)89-57-78(103-115-99(68-17-8-4-9-18-68)113-100(116-103)69-19-10-5-11-20-69)31-36-94(89)120-97-34-29-75(81-41-66(61-108)44-86(49-81)111-2)55-92(97)93-56-76(30-35-98(93)120)82-42-67(62-109)45-87(50-82)112-3/h4-57H. The molecule has 0 saturated heterocycles. The van der Waals surface area contributed by atoms with Crippen LogP contribution in [0, 0.1) is 76.4 Å². The Morgan fingerprint density at radius 2 is 0.500 bits per heavy atom. The Balaban J connectivity index is 0.878. The molecule has 0 saturated carbocycles. The number of aromatic nitrogens is 8. The molecule has 0 unspecified atom stereocenters. The molecule has 120 heavy (non-hydrogen) atoms. The minimum absolute atomic E-state index is 0.325. The lowest BCUT2D eigenvalue weighted by molar-refractivity contribution is 1.07. The molecule has 19 aromatic rings. The molecular formula is C104H54N16. The van der Waals surface area contributed by atoms with Crippen molar-refractivity contribution in [3.05, 3.63) is 390 Å². The average molecular weight is 1530 g/mol. The van der Waals surface area contributed by atoms with E-state index in [4.69, 9.17) is 49.6 Å². The molecule has 0 bridgehead atoms. The molecule has 0 N–H and O–H groups in total. The number of rotatable bonds is 14. The summed E-state index contributed by atoms with van der Waals surface area (Å²) in [6.07, 6.45) is 0. The van der Waals surface area contributed by atoms with Crippen LogP contribution >= 0.6 is 0 Å². The molecule has 4 aromatic heterocycles. The highest BCUT2D eigenvalue weighted by Crippen LogP contribution is 2.46. The highest BCUT2D eigenvalue weighted by Gasteiger charge is 2.25. The van der Waals surface area contributed by atoms with Crippen molar-refractivity contribution in [2.45, 2.75) is 0 Å². The van der Waals surface area contributed by atoms with E-state index in [0.29, 0.717) is 113 Å². The minimum atomic E-state index is 0.325. The van der Waals surface area contributed by atoms with Crippen LogP contribution in [0.15, 0.2) is 328 Å². The number of benzene rings is 15. The van der Waals surface area contributed by atoms with Gasteiger partial charge in [-0.25, -0.2) is 44.4 Å². The topological polar surface area (TPSA) is 219 Å². The van der Waals surface area contributed by atoms with E-state index in [1.54, 1.807) is 72.8 Å². The van der Waals surface area contributed by atoms with Gasteiger partial charge in [0.05, 0.1) is 88.9 Å². The predicted molar refractivity (Wildman–Crippen MR) is 469 cm³/mol. The highest BCUT2D eigenvalue weighted by molar-refractivity contribution is 6.14. The molecule has 15 aromatic carbocycles. The molecule has 0 spiro atoms. The van der Waals surface area contributed by atoms with Gasteiger partial charge < -0.3 is 9.13 Å². The van der Waals surface area contributed by atoms with Crippen LogP contribution in [-0.4, -0.2) is 39.0 Å². The normalized spacial score (nSPS) is 10.9. The molecule has 19 rings (SSSR count). The number of fused-ring (bicyclic) bond motifs is 6. The fraction of sp³-hybridized carbons (Fsp3) is 0. The summed E-state index contributed by atoms with van der Waals surface area (Å²) in [6.45, 7) is 24.1. The maximum atomic E-state index is 10.3. The van der Waals surface area contributed by atoms with E-state index in [2.05, 4.69) is 157 Å². The maximum absolute atomic E-state index is 10.3. The summed E-state index contributed by atoms with van der Waals surface area (Å²) in [5.41, 5.74) is 21.0. The van der Waals surface area contributed by atoms with Crippen molar-refractivity contribution >= 4 is 60.7 Å². The smallest absolute Gasteiger partial charge is 0.189 e. The van der Waals surface area contributed by atoms with Gasteiger partial charge in [-0.1, -0.05) is 164 Å². The molecule has 550 valence electrons. The third-order valence-electron chi connectivity index (χ3n) is 21.4. The first-order chi connectivity index (χ1) is 59.0. The van der Waals surface area contributed by atoms with Crippen molar-refractivity contribution in [2.24, 2.45) is 0 Å². The first-order valence-electron chi connectivity index (χ1n) is 38.0. The van der Waals surface area contributed by atoms with Crippen LogP contribution in [0.5, 0.6) is 0 Å². The molecular weight excluding hydrogens is 1470 g/mol. The lowest BCUT2D eigenvalue weighted by Gasteiger charge is -2.18. The lowest BCUT2D eigenvalue weighted by atomic mass is 9.95.